The minimum Gasteiger partial charge on any atom is -0.326 e. The number of piperidine rings is 1. The Kier molecular flexibility index (Phi) is 6.40. The lowest BCUT2D eigenvalue weighted by Gasteiger charge is -2.28. The number of halogens is 3. The number of amides is 1. The van der Waals surface area contributed by atoms with E-state index in [9.17, 15) is 22.0 Å². The summed E-state index contributed by atoms with van der Waals surface area (Å²) in [5.41, 5.74) is 0.221. The van der Waals surface area contributed by atoms with Crippen molar-refractivity contribution >= 4 is 33.8 Å². The summed E-state index contributed by atoms with van der Waals surface area (Å²) >= 11 is 0. The fourth-order valence-corrected chi connectivity index (χ4v) is 4.43. The molecule has 2 aliphatic heterocycles. The second-order valence-corrected chi connectivity index (χ2v) is 8.48. The highest BCUT2D eigenvalue weighted by Crippen LogP contribution is 2.33. The Hall–Kier alpha value is -1.25. The molecule has 0 radical (unpaired) electrons. The van der Waals surface area contributed by atoms with Gasteiger partial charge in [0.25, 0.3) is 0 Å². The number of benzene rings is 1. The van der Waals surface area contributed by atoms with Crippen LogP contribution in [0.5, 0.6) is 0 Å². The maximum absolute atomic E-state index is 12.6. The molecule has 0 aromatic heterocycles. The van der Waals surface area contributed by atoms with Crippen LogP contribution in [-0.4, -0.2) is 32.2 Å². The van der Waals surface area contributed by atoms with Crippen LogP contribution >= 0.6 is 12.4 Å². The first-order chi connectivity index (χ1) is 11.3. The van der Waals surface area contributed by atoms with E-state index in [2.05, 4.69) is 10.6 Å². The Morgan fingerprint density at radius 2 is 1.88 bits per heavy atom. The van der Waals surface area contributed by atoms with Crippen LogP contribution < -0.4 is 10.6 Å². The van der Waals surface area contributed by atoms with E-state index in [0.29, 0.717) is 24.4 Å². The van der Waals surface area contributed by atoms with Crippen molar-refractivity contribution in [1.82, 2.24) is 5.32 Å². The molecule has 2 fully saturated rings. The molecule has 0 aliphatic carbocycles. The summed E-state index contributed by atoms with van der Waals surface area (Å²) < 4.78 is 48.2. The van der Waals surface area contributed by atoms with Crippen molar-refractivity contribution in [3.05, 3.63) is 24.3 Å². The van der Waals surface area contributed by atoms with Crippen molar-refractivity contribution in [3.63, 3.8) is 0 Å². The normalized spacial score (nSPS) is 25.5. The van der Waals surface area contributed by atoms with Crippen LogP contribution in [0.3, 0.4) is 0 Å². The van der Waals surface area contributed by atoms with Crippen molar-refractivity contribution in [2.45, 2.75) is 54.8 Å². The molecule has 3 rings (SSSR count). The zero-order valence-corrected chi connectivity index (χ0v) is 15.1. The van der Waals surface area contributed by atoms with Crippen molar-refractivity contribution in [3.8, 4) is 0 Å². The fourth-order valence-electron chi connectivity index (χ4n) is 3.67. The van der Waals surface area contributed by atoms with E-state index in [1.807, 2.05) is 0 Å². The summed E-state index contributed by atoms with van der Waals surface area (Å²) in [6, 6.07) is 5.99. The Morgan fingerprint density at radius 3 is 2.48 bits per heavy atom. The fraction of sp³-hybridized carbons (Fsp3) is 0.562. The Bertz CT molecular complexity index is 718. The second kappa shape index (κ2) is 7.97. The lowest BCUT2D eigenvalue weighted by molar-refractivity contribution is -0.117. The summed E-state index contributed by atoms with van der Waals surface area (Å²) in [5.74, 6) is -3.39. The molecule has 0 spiro atoms. The van der Waals surface area contributed by atoms with Gasteiger partial charge in [-0.15, -0.1) is 12.4 Å². The maximum Gasteiger partial charge on any atom is 0.341 e. The molecule has 2 saturated heterocycles. The topological polar surface area (TPSA) is 75.3 Å². The van der Waals surface area contributed by atoms with Crippen LogP contribution in [0.25, 0.3) is 0 Å². The summed E-state index contributed by atoms with van der Waals surface area (Å²) in [7, 11) is -4.66. The number of hydrogen-bond acceptors (Lipinski definition) is 4. The third-order valence-corrected chi connectivity index (χ3v) is 6.11. The summed E-state index contributed by atoms with van der Waals surface area (Å²) in [4.78, 5) is 11.7. The van der Waals surface area contributed by atoms with Crippen LogP contribution in [0.4, 0.5) is 14.5 Å². The predicted molar refractivity (Wildman–Crippen MR) is 92.8 cm³/mol. The van der Waals surface area contributed by atoms with E-state index in [1.54, 1.807) is 0 Å². The molecule has 5 nitrogen and oxygen atoms in total. The van der Waals surface area contributed by atoms with Crippen LogP contribution in [0.15, 0.2) is 29.2 Å². The number of carbonyl (C=O) groups is 1. The molecule has 1 amide bonds. The first-order valence-electron chi connectivity index (χ1n) is 8.02. The highest BCUT2D eigenvalue weighted by Gasteiger charge is 2.34. The van der Waals surface area contributed by atoms with Crippen molar-refractivity contribution in [1.29, 1.82) is 0 Å². The quantitative estimate of drug-likeness (QED) is 0.805. The van der Waals surface area contributed by atoms with E-state index in [1.165, 1.54) is 12.1 Å². The maximum atomic E-state index is 12.6. The molecule has 1 aromatic rings. The molecule has 25 heavy (non-hydrogen) atoms. The SMILES string of the molecule is Cl.O=C(CC1CC2CCC(C1)N2)Nc1cccc(S(=O)(=O)C(F)F)c1. The molecule has 9 heteroatoms. The molecule has 2 aliphatic rings. The molecule has 0 saturated carbocycles. The zero-order chi connectivity index (χ0) is 17.3. The molecule has 2 N–H and O–H groups in total. The molecule has 2 heterocycles. The van der Waals surface area contributed by atoms with Gasteiger partial charge in [0.05, 0.1) is 4.90 Å². The van der Waals surface area contributed by atoms with Crippen molar-refractivity contribution < 1.29 is 22.0 Å². The minimum absolute atomic E-state index is 0. The van der Waals surface area contributed by atoms with Crippen LogP contribution in [0, 0.1) is 5.92 Å². The van der Waals surface area contributed by atoms with Crippen molar-refractivity contribution in [2.75, 3.05) is 5.32 Å². The Labute approximate surface area is 151 Å². The highest BCUT2D eigenvalue weighted by molar-refractivity contribution is 7.91. The van der Waals surface area contributed by atoms with E-state index in [0.717, 1.165) is 37.8 Å². The number of sulfone groups is 1. The van der Waals surface area contributed by atoms with Gasteiger partial charge in [0.1, 0.15) is 0 Å². The van der Waals surface area contributed by atoms with Gasteiger partial charge in [-0.1, -0.05) is 6.07 Å². The highest BCUT2D eigenvalue weighted by atomic mass is 35.5. The lowest BCUT2D eigenvalue weighted by Crippen LogP contribution is -2.39. The third-order valence-electron chi connectivity index (χ3n) is 4.73. The number of fused-ring (bicyclic) bond motifs is 2. The molecular weight excluding hydrogens is 374 g/mol. The van der Waals surface area contributed by atoms with Gasteiger partial charge in [-0.05, 0) is 49.8 Å². The number of hydrogen-bond donors (Lipinski definition) is 2. The molecule has 2 unspecified atom stereocenters. The third kappa shape index (κ3) is 4.68. The average molecular weight is 395 g/mol. The van der Waals surface area contributed by atoms with Gasteiger partial charge in [0, 0.05) is 24.2 Å². The number of carbonyl (C=O) groups excluding carboxylic acids is 1. The van der Waals surface area contributed by atoms with Crippen LogP contribution in [-0.2, 0) is 14.6 Å². The van der Waals surface area contributed by atoms with Crippen LogP contribution in [0.2, 0.25) is 0 Å². The Morgan fingerprint density at radius 1 is 1.24 bits per heavy atom. The second-order valence-electron chi connectivity index (χ2n) is 6.56. The monoisotopic (exact) mass is 394 g/mol. The predicted octanol–water partition coefficient (Wildman–Crippen LogP) is 2.96. The summed E-state index contributed by atoms with van der Waals surface area (Å²) in [6.45, 7) is 0. The minimum atomic E-state index is -4.66. The number of rotatable bonds is 5. The van der Waals surface area contributed by atoms with E-state index < -0.39 is 20.5 Å². The summed E-state index contributed by atoms with van der Waals surface area (Å²) in [6.07, 6.45) is 4.58. The van der Waals surface area contributed by atoms with E-state index in [4.69, 9.17) is 0 Å². The molecule has 140 valence electrons. The van der Waals surface area contributed by atoms with Gasteiger partial charge in [0.2, 0.25) is 15.7 Å². The molecule has 2 atom stereocenters. The van der Waals surface area contributed by atoms with Gasteiger partial charge < -0.3 is 10.6 Å². The average Bonchev–Trinajstić information content (AvgIpc) is 2.86. The largest absolute Gasteiger partial charge is 0.341 e. The zero-order valence-electron chi connectivity index (χ0n) is 13.5. The van der Waals surface area contributed by atoms with E-state index >= 15 is 0 Å². The van der Waals surface area contributed by atoms with Gasteiger partial charge in [-0.3, -0.25) is 4.79 Å². The van der Waals surface area contributed by atoms with Crippen LogP contribution in [0.1, 0.15) is 32.1 Å². The number of anilines is 1. The summed E-state index contributed by atoms with van der Waals surface area (Å²) in [5, 5.41) is 6.13. The standard InChI is InChI=1S/C16H20F2N2O3S.ClH/c17-16(18)24(22,23)14-3-1-2-11(9-14)20-15(21)8-10-6-12-4-5-13(7-10)19-12;/h1-3,9-10,12-13,16,19H,4-8H2,(H,20,21);1H. The number of nitrogens with one attached hydrogen (secondary N) is 2. The van der Waals surface area contributed by atoms with Gasteiger partial charge in [-0.2, -0.15) is 8.78 Å². The van der Waals surface area contributed by atoms with Crippen molar-refractivity contribution in [2.24, 2.45) is 5.92 Å². The van der Waals surface area contributed by atoms with Gasteiger partial charge >= 0.3 is 5.76 Å². The van der Waals surface area contributed by atoms with Gasteiger partial charge in [-0.25, -0.2) is 8.42 Å². The molecule has 1 aromatic carbocycles. The lowest BCUT2D eigenvalue weighted by atomic mass is 9.89. The molecular formula is C16H21ClF2N2O3S. The van der Waals surface area contributed by atoms with E-state index in [-0.39, 0.29) is 24.0 Å². The van der Waals surface area contributed by atoms with Gasteiger partial charge in [0.15, 0.2) is 0 Å². The first-order valence-corrected chi connectivity index (χ1v) is 9.57. The smallest absolute Gasteiger partial charge is 0.326 e. The first kappa shape index (κ1) is 20.1. The number of alkyl halides is 2. The molecule has 2 bridgehead atoms. The Balaban J connectivity index is 0.00000225.